The Labute approximate surface area is 159 Å². The van der Waals surface area contributed by atoms with Crippen molar-refractivity contribution in [2.24, 2.45) is 0 Å². The zero-order chi connectivity index (χ0) is 18.8. The van der Waals surface area contributed by atoms with Crippen LogP contribution in [0, 0.1) is 5.82 Å². The van der Waals surface area contributed by atoms with Gasteiger partial charge < -0.3 is 9.72 Å². The predicted molar refractivity (Wildman–Crippen MR) is 104 cm³/mol. The molecule has 0 aliphatic heterocycles. The third kappa shape index (κ3) is 3.68. The minimum Gasteiger partial charge on any atom is -0.486 e. The normalized spacial score (nSPS) is 10.9. The van der Waals surface area contributed by atoms with Crippen LogP contribution in [0.15, 0.2) is 71.5 Å². The minimum absolute atomic E-state index is 0.122. The van der Waals surface area contributed by atoms with Gasteiger partial charge >= 0.3 is 0 Å². The maximum absolute atomic E-state index is 14.5. The Balaban J connectivity index is 1.60. The van der Waals surface area contributed by atoms with Crippen LogP contribution in [-0.2, 0) is 6.61 Å². The summed E-state index contributed by atoms with van der Waals surface area (Å²) in [5, 5.41) is 1.12. The number of para-hydroxylation sites is 1. The lowest BCUT2D eigenvalue weighted by molar-refractivity contribution is 0.290. The highest BCUT2D eigenvalue weighted by atomic mass is 35.5. The molecule has 0 saturated heterocycles. The van der Waals surface area contributed by atoms with Gasteiger partial charge in [0.05, 0.1) is 10.9 Å². The van der Waals surface area contributed by atoms with Crippen LogP contribution in [0.2, 0.25) is 5.02 Å². The van der Waals surface area contributed by atoms with Gasteiger partial charge in [-0.05, 0) is 48.0 Å². The largest absolute Gasteiger partial charge is 0.486 e. The van der Waals surface area contributed by atoms with E-state index in [-0.39, 0.29) is 17.9 Å². The first-order valence-electron chi connectivity index (χ1n) is 8.26. The van der Waals surface area contributed by atoms with Crippen molar-refractivity contribution in [3.05, 3.63) is 93.5 Å². The molecule has 0 unspecified atom stereocenters. The van der Waals surface area contributed by atoms with E-state index in [2.05, 4.69) is 9.97 Å². The van der Waals surface area contributed by atoms with E-state index in [0.717, 1.165) is 5.56 Å². The van der Waals surface area contributed by atoms with E-state index in [0.29, 0.717) is 27.3 Å². The molecule has 1 N–H and O–H groups in total. The van der Waals surface area contributed by atoms with Crippen molar-refractivity contribution >= 4 is 22.5 Å². The van der Waals surface area contributed by atoms with Gasteiger partial charge in [0, 0.05) is 10.6 Å². The number of halogens is 2. The van der Waals surface area contributed by atoms with Crippen LogP contribution in [0.1, 0.15) is 5.56 Å². The zero-order valence-electron chi connectivity index (χ0n) is 14.1. The van der Waals surface area contributed by atoms with Crippen LogP contribution in [0.3, 0.4) is 0 Å². The third-order valence-electron chi connectivity index (χ3n) is 4.13. The minimum atomic E-state index is -0.530. The van der Waals surface area contributed by atoms with Crippen LogP contribution in [0.4, 0.5) is 4.39 Å². The number of ether oxygens (including phenoxy) is 1. The Morgan fingerprint density at radius 1 is 1.04 bits per heavy atom. The van der Waals surface area contributed by atoms with Gasteiger partial charge in [-0.2, -0.15) is 0 Å². The van der Waals surface area contributed by atoms with Gasteiger partial charge in [-0.15, -0.1) is 0 Å². The number of H-pyrrole nitrogens is 1. The van der Waals surface area contributed by atoms with Crippen LogP contribution >= 0.6 is 11.6 Å². The van der Waals surface area contributed by atoms with Crippen molar-refractivity contribution in [2.45, 2.75) is 6.61 Å². The molecule has 4 rings (SSSR count). The van der Waals surface area contributed by atoms with Gasteiger partial charge in [0.15, 0.2) is 11.6 Å². The smallest absolute Gasteiger partial charge is 0.259 e. The van der Waals surface area contributed by atoms with Gasteiger partial charge in [0.25, 0.3) is 5.56 Å². The molecule has 27 heavy (non-hydrogen) atoms. The maximum atomic E-state index is 14.5. The van der Waals surface area contributed by atoms with E-state index < -0.39 is 5.82 Å². The molecule has 0 aliphatic rings. The Morgan fingerprint density at radius 2 is 1.81 bits per heavy atom. The molecule has 134 valence electrons. The lowest BCUT2D eigenvalue weighted by atomic mass is 10.1. The molecular weight excluding hydrogens is 367 g/mol. The van der Waals surface area contributed by atoms with Crippen molar-refractivity contribution in [1.29, 1.82) is 0 Å². The van der Waals surface area contributed by atoms with Crippen molar-refractivity contribution in [3.63, 3.8) is 0 Å². The average Bonchev–Trinajstić information content (AvgIpc) is 2.68. The number of nitrogens with one attached hydrogen (secondary N) is 1. The second-order valence-corrected chi connectivity index (χ2v) is 6.43. The van der Waals surface area contributed by atoms with Crippen molar-refractivity contribution in [3.8, 4) is 17.1 Å². The maximum Gasteiger partial charge on any atom is 0.259 e. The third-order valence-corrected chi connectivity index (χ3v) is 4.38. The molecule has 1 aromatic heterocycles. The van der Waals surface area contributed by atoms with E-state index in [9.17, 15) is 9.18 Å². The van der Waals surface area contributed by atoms with Gasteiger partial charge in [-0.3, -0.25) is 4.79 Å². The summed E-state index contributed by atoms with van der Waals surface area (Å²) in [6.07, 6.45) is 0. The second kappa shape index (κ2) is 7.21. The number of nitrogens with zero attached hydrogens (tertiary/aromatic N) is 1. The standard InChI is InChI=1S/C21H14ClFN2O2/c22-15-8-5-13(6-9-15)12-27-19-10-7-14(11-17(19)23)20-24-18-4-2-1-3-16(18)21(26)25-20/h1-11H,12H2,(H,24,25,26). The van der Waals surface area contributed by atoms with Crippen molar-refractivity contribution in [2.75, 3.05) is 0 Å². The molecule has 3 aromatic carbocycles. The zero-order valence-corrected chi connectivity index (χ0v) is 14.8. The van der Waals surface area contributed by atoms with Crippen LogP contribution in [-0.4, -0.2) is 9.97 Å². The number of rotatable bonds is 4. The summed E-state index contributed by atoms with van der Waals surface area (Å²) >= 11 is 5.85. The molecule has 0 bridgehead atoms. The first-order valence-corrected chi connectivity index (χ1v) is 8.64. The van der Waals surface area contributed by atoms with Gasteiger partial charge in [0.2, 0.25) is 0 Å². The lowest BCUT2D eigenvalue weighted by Gasteiger charge is -2.09. The van der Waals surface area contributed by atoms with E-state index >= 15 is 0 Å². The van der Waals surface area contributed by atoms with Gasteiger partial charge in [-0.1, -0.05) is 35.9 Å². The first kappa shape index (κ1) is 17.2. The molecule has 0 saturated carbocycles. The molecule has 0 atom stereocenters. The summed E-state index contributed by atoms with van der Waals surface area (Å²) in [7, 11) is 0. The highest BCUT2D eigenvalue weighted by molar-refractivity contribution is 6.30. The molecule has 4 nitrogen and oxygen atoms in total. The molecule has 0 spiro atoms. The molecule has 6 heteroatoms. The van der Waals surface area contributed by atoms with Gasteiger partial charge in [0.1, 0.15) is 12.4 Å². The summed E-state index contributed by atoms with van der Waals surface area (Å²) in [5.74, 6) is -0.101. The topological polar surface area (TPSA) is 55.0 Å². The van der Waals surface area contributed by atoms with E-state index in [1.54, 1.807) is 42.5 Å². The van der Waals surface area contributed by atoms with Crippen LogP contribution in [0.25, 0.3) is 22.3 Å². The fraction of sp³-hybridized carbons (Fsp3) is 0.0476. The van der Waals surface area contributed by atoms with Crippen LogP contribution < -0.4 is 10.3 Å². The predicted octanol–water partition coefficient (Wildman–Crippen LogP) is 4.96. The Kier molecular flexibility index (Phi) is 4.60. The first-order chi connectivity index (χ1) is 13.1. The summed E-state index contributed by atoms with van der Waals surface area (Å²) in [5.41, 5.74) is 1.64. The number of hydrogen-bond donors (Lipinski definition) is 1. The number of fused-ring (bicyclic) bond motifs is 1. The number of benzene rings is 3. The highest BCUT2D eigenvalue weighted by Crippen LogP contribution is 2.25. The summed E-state index contributed by atoms with van der Waals surface area (Å²) < 4.78 is 20.0. The van der Waals surface area contributed by atoms with E-state index in [1.807, 2.05) is 12.1 Å². The Morgan fingerprint density at radius 3 is 2.59 bits per heavy atom. The molecule has 0 amide bonds. The van der Waals surface area contributed by atoms with Gasteiger partial charge in [-0.25, -0.2) is 9.37 Å². The molecule has 0 aliphatic carbocycles. The molecular formula is C21H14ClFN2O2. The average molecular weight is 381 g/mol. The highest BCUT2D eigenvalue weighted by Gasteiger charge is 2.10. The van der Waals surface area contributed by atoms with Crippen molar-refractivity contribution in [1.82, 2.24) is 9.97 Å². The SMILES string of the molecule is O=c1[nH]c(-c2ccc(OCc3ccc(Cl)cc3)c(F)c2)nc2ccccc12. The van der Waals surface area contributed by atoms with Crippen LogP contribution in [0.5, 0.6) is 5.75 Å². The summed E-state index contributed by atoms with van der Waals surface area (Å²) in [6.45, 7) is 0.221. The number of hydrogen-bond acceptors (Lipinski definition) is 3. The summed E-state index contributed by atoms with van der Waals surface area (Å²) in [4.78, 5) is 19.3. The quantitative estimate of drug-likeness (QED) is 0.544. The molecule has 1 heterocycles. The second-order valence-electron chi connectivity index (χ2n) is 5.99. The monoisotopic (exact) mass is 380 g/mol. The fourth-order valence-corrected chi connectivity index (χ4v) is 2.86. The Hall–Kier alpha value is -3.18. The molecule has 0 radical (unpaired) electrons. The fourth-order valence-electron chi connectivity index (χ4n) is 2.73. The van der Waals surface area contributed by atoms with E-state index in [4.69, 9.17) is 16.3 Å². The molecule has 0 fully saturated rings. The number of aromatic amines is 1. The van der Waals surface area contributed by atoms with Crippen molar-refractivity contribution < 1.29 is 9.13 Å². The number of aromatic nitrogens is 2. The molecule has 4 aromatic rings. The summed E-state index contributed by atoms with van der Waals surface area (Å²) in [6, 6.07) is 18.6. The lowest BCUT2D eigenvalue weighted by Crippen LogP contribution is -2.09. The Bertz CT molecular complexity index is 1170. The van der Waals surface area contributed by atoms with E-state index in [1.165, 1.54) is 12.1 Å².